The molecule has 0 unspecified atom stereocenters. The van der Waals surface area contributed by atoms with Crippen LogP contribution in [0.5, 0.6) is 0 Å². The van der Waals surface area contributed by atoms with Gasteiger partial charge >= 0.3 is 0 Å². The van der Waals surface area contributed by atoms with Gasteiger partial charge in [0.2, 0.25) is 5.91 Å². The fourth-order valence-corrected chi connectivity index (χ4v) is 4.38. The molecule has 1 aliphatic rings. The number of carbonyl (C=O) groups is 1. The number of quaternary nitrogens is 1. The lowest BCUT2D eigenvalue weighted by molar-refractivity contribution is -0.937. The van der Waals surface area contributed by atoms with E-state index in [1.807, 2.05) is 38.4 Å². The summed E-state index contributed by atoms with van der Waals surface area (Å²) in [5.41, 5.74) is 3.51. The minimum atomic E-state index is 0.0684. The molecular formula is C26H32N3O2+. The van der Waals surface area contributed by atoms with Crippen LogP contribution in [0.15, 0.2) is 66.7 Å². The summed E-state index contributed by atoms with van der Waals surface area (Å²) in [5.74, 6) is 0.0684. The average Bonchev–Trinajstić information content (AvgIpc) is 2.80. The van der Waals surface area contributed by atoms with E-state index in [0.29, 0.717) is 13.0 Å². The Morgan fingerprint density at radius 1 is 1.00 bits per heavy atom. The van der Waals surface area contributed by atoms with Gasteiger partial charge in [-0.3, -0.25) is 4.79 Å². The molecule has 0 saturated carbocycles. The molecule has 1 heterocycles. The maximum atomic E-state index is 12.9. The summed E-state index contributed by atoms with van der Waals surface area (Å²) in [6, 6.07) is 23.3. The van der Waals surface area contributed by atoms with Crippen molar-refractivity contribution in [1.29, 1.82) is 0 Å². The molecule has 0 radical (unpaired) electrons. The van der Waals surface area contributed by atoms with Crippen LogP contribution in [0, 0.1) is 0 Å². The Morgan fingerprint density at radius 3 is 2.45 bits per heavy atom. The van der Waals surface area contributed by atoms with Gasteiger partial charge in [0.05, 0.1) is 26.2 Å². The van der Waals surface area contributed by atoms with Crippen molar-refractivity contribution >= 4 is 22.4 Å². The van der Waals surface area contributed by atoms with E-state index in [4.69, 9.17) is 4.74 Å². The number of nitrogens with zero attached hydrogens (tertiary/aromatic N) is 1. The first-order valence-corrected chi connectivity index (χ1v) is 11.0. The summed E-state index contributed by atoms with van der Waals surface area (Å²) in [4.78, 5) is 16.4. The van der Waals surface area contributed by atoms with E-state index < -0.39 is 0 Å². The van der Waals surface area contributed by atoms with Crippen LogP contribution < -0.4 is 15.1 Å². The third kappa shape index (κ3) is 5.24. The molecule has 0 spiro atoms. The number of benzene rings is 3. The van der Waals surface area contributed by atoms with Crippen molar-refractivity contribution in [1.82, 2.24) is 5.32 Å². The Kier molecular flexibility index (Phi) is 6.85. The summed E-state index contributed by atoms with van der Waals surface area (Å²) in [7, 11) is 4.10. The smallest absolute Gasteiger partial charge is 0.224 e. The Hall–Kier alpha value is -2.89. The quantitative estimate of drug-likeness (QED) is 0.619. The minimum absolute atomic E-state index is 0.0684. The van der Waals surface area contributed by atoms with E-state index in [9.17, 15) is 4.79 Å². The number of rotatable bonds is 7. The van der Waals surface area contributed by atoms with Crippen LogP contribution >= 0.6 is 0 Å². The summed E-state index contributed by atoms with van der Waals surface area (Å²) >= 11 is 0. The number of nitrogens with one attached hydrogen (secondary N) is 2. The van der Waals surface area contributed by atoms with Gasteiger partial charge in [-0.05, 0) is 28.5 Å². The van der Waals surface area contributed by atoms with Crippen molar-refractivity contribution in [3.05, 3.63) is 77.9 Å². The van der Waals surface area contributed by atoms with Crippen molar-refractivity contribution in [2.24, 2.45) is 0 Å². The van der Waals surface area contributed by atoms with Gasteiger partial charge < -0.3 is 19.9 Å². The first kappa shape index (κ1) is 21.3. The molecule has 1 saturated heterocycles. The molecule has 3 aromatic rings. The molecule has 0 bridgehead atoms. The number of hydrogen-bond donors (Lipinski definition) is 2. The SMILES string of the molecule is CN(C)c1ccc([C@H](CNC(=O)Cc2cccc3ccccc23)[NH+]2CCOCC2)cc1. The minimum Gasteiger partial charge on any atom is -0.378 e. The van der Waals surface area contributed by atoms with Crippen molar-refractivity contribution in [3.8, 4) is 0 Å². The van der Waals surface area contributed by atoms with Crippen molar-refractivity contribution in [3.63, 3.8) is 0 Å². The fraction of sp³-hybridized carbons (Fsp3) is 0.346. The molecule has 162 valence electrons. The molecule has 5 heteroatoms. The predicted octanol–water partition coefficient (Wildman–Crippen LogP) is 2.22. The second-order valence-corrected chi connectivity index (χ2v) is 8.43. The monoisotopic (exact) mass is 418 g/mol. The highest BCUT2D eigenvalue weighted by Gasteiger charge is 2.27. The van der Waals surface area contributed by atoms with Crippen LogP contribution in [-0.4, -0.2) is 52.9 Å². The third-order valence-electron chi connectivity index (χ3n) is 6.17. The van der Waals surface area contributed by atoms with Crippen molar-refractivity contribution in [2.75, 3.05) is 51.8 Å². The van der Waals surface area contributed by atoms with Crippen molar-refractivity contribution in [2.45, 2.75) is 12.5 Å². The molecule has 5 nitrogen and oxygen atoms in total. The normalized spacial score (nSPS) is 15.5. The zero-order valence-electron chi connectivity index (χ0n) is 18.4. The van der Waals surface area contributed by atoms with Gasteiger partial charge in [-0.25, -0.2) is 0 Å². The number of ether oxygens (including phenoxy) is 1. The number of carbonyl (C=O) groups excluding carboxylic acids is 1. The molecule has 31 heavy (non-hydrogen) atoms. The topological polar surface area (TPSA) is 46.0 Å². The largest absolute Gasteiger partial charge is 0.378 e. The van der Waals surface area contributed by atoms with Crippen LogP contribution in [0.3, 0.4) is 0 Å². The Bertz CT molecular complexity index is 1010. The maximum absolute atomic E-state index is 12.9. The number of morpholine rings is 1. The van der Waals surface area contributed by atoms with Crippen LogP contribution in [0.4, 0.5) is 5.69 Å². The lowest BCUT2D eigenvalue weighted by atomic mass is 10.0. The number of amides is 1. The summed E-state index contributed by atoms with van der Waals surface area (Å²) < 4.78 is 5.57. The van der Waals surface area contributed by atoms with Gasteiger partial charge in [-0.2, -0.15) is 0 Å². The molecule has 1 atom stereocenters. The number of hydrogen-bond acceptors (Lipinski definition) is 3. The van der Waals surface area contributed by atoms with E-state index in [1.54, 1.807) is 0 Å². The Balaban J connectivity index is 1.47. The van der Waals surface area contributed by atoms with Gasteiger partial charge in [-0.15, -0.1) is 0 Å². The second-order valence-electron chi connectivity index (χ2n) is 8.43. The number of fused-ring (bicyclic) bond motifs is 1. The lowest BCUT2D eigenvalue weighted by Crippen LogP contribution is -3.15. The van der Waals surface area contributed by atoms with Crippen LogP contribution in [0.1, 0.15) is 17.2 Å². The van der Waals surface area contributed by atoms with Crippen molar-refractivity contribution < 1.29 is 14.4 Å². The summed E-state index contributed by atoms with van der Waals surface area (Å²) in [6.07, 6.45) is 0.395. The molecule has 3 aromatic carbocycles. The molecule has 4 rings (SSSR count). The van der Waals surface area contributed by atoms with Crippen LogP contribution in [0.2, 0.25) is 0 Å². The Labute approximate surface area is 184 Å². The molecule has 2 N–H and O–H groups in total. The average molecular weight is 419 g/mol. The van der Waals surface area contributed by atoms with Gasteiger partial charge in [0, 0.05) is 25.3 Å². The van der Waals surface area contributed by atoms with Crippen LogP contribution in [-0.2, 0) is 16.0 Å². The van der Waals surface area contributed by atoms with E-state index in [-0.39, 0.29) is 11.9 Å². The highest BCUT2D eigenvalue weighted by molar-refractivity contribution is 5.90. The highest BCUT2D eigenvalue weighted by Crippen LogP contribution is 2.19. The first-order valence-electron chi connectivity index (χ1n) is 11.0. The third-order valence-corrected chi connectivity index (χ3v) is 6.17. The summed E-state index contributed by atoms with van der Waals surface area (Å²) in [5, 5.41) is 5.54. The standard InChI is InChI=1S/C26H31N3O2/c1-28(2)23-12-10-21(11-13-23)25(29-14-16-31-17-15-29)19-27-26(30)18-22-8-5-7-20-6-3-4-9-24(20)22/h3-13,25H,14-19H2,1-2H3,(H,27,30)/p+1/t25-/m0/s1. The molecule has 1 fully saturated rings. The lowest BCUT2D eigenvalue weighted by Gasteiger charge is -2.32. The maximum Gasteiger partial charge on any atom is 0.224 e. The van der Waals surface area contributed by atoms with Gasteiger partial charge in [-0.1, -0.05) is 54.6 Å². The van der Waals surface area contributed by atoms with Crippen LogP contribution in [0.25, 0.3) is 10.8 Å². The molecule has 0 aromatic heterocycles. The van der Waals surface area contributed by atoms with E-state index >= 15 is 0 Å². The zero-order valence-corrected chi connectivity index (χ0v) is 18.4. The first-order chi connectivity index (χ1) is 15.1. The molecule has 1 amide bonds. The molecule has 1 aliphatic heterocycles. The molecule has 0 aliphatic carbocycles. The predicted molar refractivity (Wildman–Crippen MR) is 126 cm³/mol. The summed E-state index contributed by atoms with van der Waals surface area (Å²) in [6.45, 7) is 4.08. The van der Waals surface area contributed by atoms with E-state index in [2.05, 4.69) is 52.7 Å². The number of anilines is 1. The van der Waals surface area contributed by atoms with Gasteiger partial charge in [0.15, 0.2) is 0 Å². The molecular weight excluding hydrogens is 386 g/mol. The zero-order chi connectivity index (χ0) is 21.6. The second kappa shape index (κ2) is 9.94. The Morgan fingerprint density at radius 2 is 1.71 bits per heavy atom. The van der Waals surface area contributed by atoms with E-state index in [1.165, 1.54) is 21.5 Å². The van der Waals surface area contributed by atoms with E-state index in [0.717, 1.165) is 37.3 Å². The van der Waals surface area contributed by atoms with Gasteiger partial charge in [0.25, 0.3) is 0 Å². The fourth-order valence-electron chi connectivity index (χ4n) is 4.38. The highest BCUT2D eigenvalue weighted by atomic mass is 16.5. The van der Waals surface area contributed by atoms with Gasteiger partial charge in [0.1, 0.15) is 19.1 Å².